The van der Waals surface area contributed by atoms with Crippen LogP contribution in [0.25, 0.3) is 0 Å². The van der Waals surface area contributed by atoms with Crippen molar-refractivity contribution in [2.45, 2.75) is 39.0 Å². The van der Waals surface area contributed by atoms with Crippen LogP contribution in [0.2, 0.25) is 0 Å². The first-order valence-corrected chi connectivity index (χ1v) is 8.17. The van der Waals surface area contributed by atoms with Gasteiger partial charge in [0.05, 0.1) is 17.5 Å². The number of hydrogen-bond donors (Lipinski definition) is 1. The lowest BCUT2D eigenvalue weighted by atomic mass is 9.99. The molecule has 1 unspecified atom stereocenters. The molecular formula is C12H22N2O4S. The first-order valence-electron chi connectivity index (χ1n) is 6.45. The Kier molecular flexibility index (Phi) is 4.95. The number of sulfone groups is 1. The number of carbonyl (C=O) groups is 2. The van der Waals surface area contributed by atoms with Gasteiger partial charge in [-0.1, -0.05) is 13.8 Å². The SMILES string of the molecule is CC(C)C1C(=O)NCC(=O)N1CCS(=O)(=O)C(C)C. The highest BCUT2D eigenvalue weighted by molar-refractivity contribution is 7.92. The summed E-state index contributed by atoms with van der Waals surface area (Å²) in [4.78, 5) is 25.0. The van der Waals surface area contributed by atoms with Crippen LogP contribution in [0.15, 0.2) is 0 Å². The molecule has 1 atom stereocenters. The number of nitrogens with one attached hydrogen (secondary N) is 1. The average molecular weight is 290 g/mol. The molecule has 1 saturated heterocycles. The molecule has 1 aliphatic heterocycles. The van der Waals surface area contributed by atoms with Gasteiger partial charge in [0.2, 0.25) is 11.8 Å². The Morgan fingerprint density at radius 3 is 2.32 bits per heavy atom. The summed E-state index contributed by atoms with van der Waals surface area (Å²) in [5.41, 5.74) is 0. The highest BCUT2D eigenvalue weighted by atomic mass is 32.2. The third-order valence-corrected chi connectivity index (χ3v) is 5.49. The van der Waals surface area contributed by atoms with Crippen molar-refractivity contribution in [3.05, 3.63) is 0 Å². The summed E-state index contributed by atoms with van der Waals surface area (Å²) < 4.78 is 23.6. The van der Waals surface area contributed by atoms with E-state index in [1.165, 1.54) is 4.90 Å². The number of nitrogens with zero attached hydrogens (tertiary/aromatic N) is 1. The zero-order valence-electron chi connectivity index (χ0n) is 11.8. The van der Waals surface area contributed by atoms with E-state index < -0.39 is 21.1 Å². The fourth-order valence-electron chi connectivity index (χ4n) is 2.05. The fourth-order valence-corrected chi connectivity index (χ4v) is 2.98. The maximum atomic E-state index is 11.9. The van der Waals surface area contributed by atoms with Crippen LogP contribution in [0.1, 0.15) is 27.7 Å². The predicted octanol–water partition coefficient (Wildman–Crippen LogP) is -0.207. The Balaban J connectivity index is 2.83. The number of hydrogen-bond acceptors (Lipinski definition) is 4. The number of amides is 2. The smallest absolute Gasteiger partial charge is 0.243 e. The third kappa shape index (κ3) is 3.68. The normalized spacial score (nSPS) is 21.2. The van der Waals surface area contributed by atoms with E-state index in [-0.39, 0.29) is 36.6 Å². The second kappa shape index (κ2) is 5.90. The lowest BCUT2D eigenvalue weighted by Crippen LogP contribution is -2.61. The van der Waals surface area contributed by atoms with Gasteiger partial charge in [0.1, 0.15) is 6.04 Å². The van der Waals surface area contributed by atoms with Gasteiger partial charge in [-0.3, -0.25) is 9.59 Å². The van der Waals surface area contributed by atoms with E-state index in [1.807, 2.05) is 13.8 Å². The van der Waals surface area contributed by atoms with E-state index in [1.54, 1.807) is 13.8 Å². The minimum absolute atomic E-state index is 0.0500. The summed E-state index contributed by atoms with van der Waals surface area (Å²) >= 11 is 0. The monoisotopic (exact) mass is 290 g/mol. The fraction of sp³-hybridized carbons (Fsp3) is 0.833. The topological polar surface area (TPSA) is 83.6 Å². The molecule has 0 aromatic rings. The van der Waals surface area contributed by atoms with Gasteiger partial charge >= 0.3 is 0 Å². The summed E-state index contributed by atoms with van der Waals surface area (Å²) in [7, 11) is -3.21. The van der Waals surface area contributed by atoms with Crippen molar-refractivity contribution < 1.29 is 18.0 Å². The van der Waals surface area contributed by atoms with Crippen LogP contribution in [-0.2, 0) is 19.4 Å². The van der Waals surface area contributed by atoms with E-state index in [0.717, 1.165) is 0 Å². The summed E-state index contributed by atoms with van der Waals surface area (Å²) in [5.74, 6) is -0.591. The molecule has 1 heterocycles. The molecule has 0 aromatic heterocycles. The van der Waals surface area contributed by atoms with Gasteiger partial charge < -0.3 is 10.2 Å². The maximum Gasteiger partial charge on any atom is 0.243 e. The standard InChI is InChI=1S/C12H22N2O4S/c1-8(2)11-12(16)13-7-10(15)14(11)5-6-19(17,18)9(3)4/h8-9,11H,5-7H2,1-4H3,(H,13,16). The minimum atomic E-state index is -3.21. The Bertz CT molecular complexity index is 456. The lowest BCUT2D eigenvalue weighted by molar-refractivity contribution is -0.147. The average Bonchev–Trinajstić information content (AvgIpc) is 2.29. The van der Waals surface area contributed by atoms with Crippen molar-refractivity contribution in [3.8, 4) is 0 Å². The van der Waals surface area contributed by atoms with E-state index >= 15 is 0 Å². The molecule has 2 amide bonds. The molecule has 1 rings (SSSR count). The highest BCUT2D eigenvalue weighted by Gasteiger charge is 2.36. The third-order valence-electron chi connectivity index (χ3n) is 3.31. The summed E-state index contributed by atoms with van der Waals surface area (Å²) in [6, 6.07) is -0.580. The molecule has 0 aliphatic carbocycles. The first-order chi connectivity index (χ1) is 8.66. The molecular weight excluding hydrogens is 268 g/mol. The van der Waals surface area contributed by atoms with Crippen molar-refractivity contribution in [2.24, 2.45) is 5.92 Å². The summed E-state index contributed by atoms with van der Waals surface area (Å²) in [6.07, 6.45) is 0. The molecule has 0 saturated carbocycles. The molecule has 0 spiro atoms. The molecule has 19 heavy (non-hydrogen) atoms. The Morgan fingerprint density at radius 2 is 1.84 bits per heavy atom. The highest BCUT2D eigenvalue weighted by Crippen LogP contribution is 2.15. The van der Waals surface area contributed by atoms with Crippen LogP contribution in [-0.4, -0.2) is 55.3 Å². The van der Waals surface area contributed by atoms with Crippen molar-refractivity contribution in [1.82, 2.24) is 10.2 Å². The van der Waals surface area contributed by atoms with Crippen molar-refractivity contribution in [3.63, 3.8) is 0 Å². The number of rotatable bonds is 5. The molecule has 7 heteroatoms. The molecule has 110 valence electrons. The van der Waals surface area contributed by atoms with Crippen molar-refractivity contribution >= 4 is 21.7 Å². The van der Waals surface area contributed by atoms with Gasteiger partial charge in [-0.2, -0.15) is 0 Å². The summed E-state index contributed by atoms with van der Waals surface area (Å²) in [6.45, 7) is 6.93. The van der Waals surface area contributed by atoms with Crippen LogP contribution >= 0.6 is 0 Å². The van der Waals surface area contributed by atoms with E-state index in [9.17, 15) is 18.0 Å². The van der Waals surface area contributed by atoms with E-state index in [4.69, 9.17) is 0 Å². The van der Waals surface area contributed by atoms with E-state index in [2.05, 4.69) is 5.32 Å². The number of carbonyl (C=O) groups excluding carboxylic acids is 2. The zero-order chi connectivity index (χ0) is 14.8. The quantitative estimate of drug-likeness (QED) is 0.759. The Hall–Kier alpha value is -1.11. The van der Waals surface area contributed by atoms with Crippen molar-refractivity contribution in [1.29, 1.82) is 0 Å². The second-order valence-corrected chi connectivity index (χ2v) is 8.09. The maximum absolute atomic E-state index is 11.9. The molecule has 0 aromatic carbocycles. The van der Waals surface area contributed by atoms with Crippen LogP contribution in [0, 0.1) is 5.92 Å². The van der Waals surface area contributed by atoms with Crippen molar-refractivity contribution in [2.75, 3.05) is 18.8 Å². The van der Waals surface area contributed by atoms with Gasteiger partial charge in [-0.15, -0.1) is 0 Å². The lowest BCUT2D eigenvalue weighted by Gasteiger charge is -2.37. The molecule has 6 nitrogen and oxygen atoms in total. The van der Waals surface area contributed by atoms with Crippen LogP contribution in [0.4, 0.5) is 0 Å². The van der Waals surface area contributed by atoms with Gasteiger partial charge in [0.15, 0.2) is 9.84 Å². The predicted molar refractivity (Wildman–Crippen MR) is 72.3 cm³/mol. The summed E-state index contributed by atoms with van der Waals surface area (Å²) in [5, 5.41) is 2.06. The molecule has 1 N–H and O–H groups in total. The van der Waals surface area contributed by atoms with E-state index in [0.29, 0.717) is 0 Å². The first kappa shape index (κ1) is 15.9. The molecule has 0 radical (unpaired) electrons. The van der Waals surface area contributed by atoms with Crippen LogP contribution in [0.3, 0.4) is 0 Å². The largest absolute Gasteiger partial charge is 0.345 e. The van der Waals surface area contributed by atoms with Gasteiger partial charge in [0.25, 0.3) is 0 Å². The minimum Gasteiger partial charge on any atom is -0.345 e. The number of piperazine rings is 1. The van der Waals surface area contributed by atoms with Gasteiger partial charge in [-0.25, -0.2) is 8.42 Å². The van der Waals surface area contributed by atoms with Gasteiger partial charge in [-0.05, 0) is 19.8 Å². The molecule has 1 aliphatic rings. The van der Waals surface area contributed by atoms with Crippen LogP contribution < -0.4 is 5.32 Å². The van der Waals surface area contributed by atoms with Gasteiger partial charge in [0, 0.05) is 6.54 Å². The zero-order valence-corrected chi connectivity index (χ0v) is 12.7. The van der Waals surface area contributed by atoms with Crippen LogP contribution in [0.5, 0.6) is 0 Å². The molecule has 0 bridgehead atoms. The Morgan fingerprint density at radius 1 is 1.26 bits per heavy atom. The molecule has 1 fully saturated rings. The second-order valence-electron chi connectivity index (χ2n) is 5.41. The Labute approximate surface area is 114 Å².